The fourth-order valence-corrected chi connectivity index (χ4v) is 0.226. The largest absolute Gasteiger partial charge is 0.300 e. The van der Waals surface area contributed by atoms with E-state index in [0.717, 1.165) is 0 Å². The van der Waals surface area contributed by atoms with Gasteiger partial charge in [-0.1, -0.05) is 11.6 Å². The molecule has 0 saturated heterocycles. The van der Waals surface area contributed by atoms with Crippen molar-refractivity contribution in [2.45, 2.75) is 6.92 Å². The van der Waals surface area contributed by atoms with Crippen molar-refractivity contribution < 1.29 is 4.84 Å². The van der Waals surface area contributed by atoms with Crippen molar-refractivity contribution in [1.29, 1.82) is 0 Å². The van der Waals surface area contributed by atoms with Gasteiger partial charge in [0.25, 0.3) is 0 Å². The maximum Gasteiger partial charge on any atom is 0.0874 e. The Morgan fingerprint density at radius 3 is 2.50 bits per heavy atom. The highest BCUT2D eigenvalue weighted by Gasteiger charge is 1.75. The van der Waals surface area contributed by atoms with E-state index in [1.807, 2.05) is 0 Å². The molecule has 0 atom stereocenters. The fraction of sp³-hybridized carbons (Fsp3) is 0.500. The molecule has 0 bridgehead atoms. The Morgan fingerprint density at radius 1 is 1.88 bits per heavy atom. The first kappa shape index (κ1) is 11.1. The van der Waals surface area contributed by atoms with Gasteiger partial charge in [0, 0.05) is 5.03 Å². The summed E-state index contributed by atoms with van der Waals surface area (Å²) in [5, 5.41) is 0.699. The Labute approximate surface area is 60.0 Å². The number of hydrogen-bond donors (Lipinski definition) is 1. The molecule has 8 heavy (non-hydrogen) atoms. The highest BCUT2D eigenvalue weighted by molar-refractivity contribution is 6.29. The molecule has 0 aromatic heterocycles. The van der Waals surface area contributed by atoms with Crippen molar-refractivity contribution in [3.05, 3.63) is 11.1 Å². The van der Waals surface area contributed by atoms with Gasteiger partial charge in [-0.15, -0.1) is 12.4 Å². The van der Waals surface area contributed by atoms with Crippen molar-refractivity contribution in [3.8, 4) is 0 Å². The lowest BCUT2D eigenvalue weighted by Crippen LogP contribution is -1.97. The van der Waals surface area contributed by atoms with Crippen LogP contribution in [-0.2, 0) is 4.84 Å². The molecular formula is C4H9Cl2NO. The number of hydrogen-bond acceptors (Lipinski definition) is 2. The van der Waals surface area contributed by atoms with E-state index in [1.54, 1.807) is 13.0 Å². The van der Waals surface area contributed by atoms with Gasteiger partial charge in [0.2, 0.25) is 0 Å². The number of halogens is 2. The quantitative estimate of drug-likeness (QED) is 0.617. The first-order chi connectivity index (χ1) is 3.27. The van der Waals surface area contributed by atoms with E-state index in [9.17, 15) is 0 Å². The zero-order valence-corrected chi connectivity index (χ0v) is 6.13. The van der Waals surface area contributed by atoms with Crippen LogP contribution in [0.1, 0.15) is 6.92 Å². The van der Waals surface area contributed by atoms with Crippen molar-refractivity contribution in [1.82, 2.24) is 0 Å². The van der Waals surface area contributed by atoms with Gasteiger partial charge in [-0.25, -0.2) is 5.90 Å². The van der Waals surface area contributed by atoms with Crippen LogP contribution in [0, 0.1) is 0 Å². The molecule has 0 fully saturated rings. The van der Waals surface area contributed by atoms with Gasteiger partial charge >= 0.3 is 0 Å². The molecule has 2 N–H and O–H groups in total. The summed E-state index contributed by atoms with van der Waals surface area (Å²) in [5.41, 5.74) is 0. The van der Waals surface area contributed by atoms with Gasteiger partial charge in [0.1, 0.15) is 0 Å². The third kappa shape index (κ3) is 9.53. The molecule has 0 aromatic carbocycles. The molecule has 0 aliphatic carbocycles. The minimum absolute atomic E-state index is 0. The van der Waals surface area contributed by atoms with Crippen LogP contribution in [0.3, 0.4) is 0 Å². The van der Waals surface area contributed by atoms with Crippen molar-refractivity contribution in [2.75, 3.05) is 6.61 Å². The fourth-order valence-electron chi connectivity index (χ4n) is 0.163. The van der Waals surface area contributed by atoms with Gasteiger partial charge in [-0.05, 0) is 13.0 Å². The Hall–Kier alpha value is 0.240. The predicted octanol–water partition coefficient (Wildman–Crippen LogP) is 1.44. The number of nitrogens with two attached hydrogens (primary N) is 1. The molecule has 0 amide bonds. The normalized spacial score (nSPS) is 10.6. The Balaban J connectivity index is 0. The van der Waals surface area contributed by atoms with Crippen molar-refractivity contribution >= 4 is 24.0 Å². The molecule has 0 aromatic rings. The third-order valence-corrected chi connectivity index (χ3v) is 0.615. The first-order valence-electron chi connectivity index (χ1n) is 1.91. The minimum Gasteiger partial charge on any atom is -0.300 e. The smallest absolute Gasteiger partial charge is 0.0874 e. The molecule has 0 heterocycles. The lowest BCUT2D eigenvalue weighted by atomic mass is 10.5. The second-order valence-corrected chi connectivity index (χ2v) is 1.72. The molecule has 2 nitrogen and oxygen atoms in total. The maximum absolute atomic E-state index is 5.38. The predicted molar refractivity (Wildman–Crippen MR) is 37.0 cm³/mol. The molecular weight excluding hydrogens is 149 g/mol. The van der Waals surface area contributed by atoms with Gasteiger partial charge in [-0.2, -0.15) is 0 Å². The van der Waals surface area contributed by atoms with Crippen LogP contribution in [0.4, 0.5) is 0 Å². The molecule has 0 rings (SSSR count). The average molecular weight is 158 g/mol. The third-order valence-electron chi connectivity index (χ3n) is 0.461. The molecule has 0 aliphatic heterocycles. The minimum atomic E-state index is 0. The van der Waals surface area contributed by atoms with Crippen LogP contribution in [0.25, 0.3) is 0 Å². The Kier molecular flexibility index (Phi) is 10.0. The van der Waals surface area contributed by atoms with Gasteiger partial charge in [0.15, 0.2) is 0 Å². The maximum atomic E-state index is 5.38. The van der Waals surface area contributed by atoms with Gasteiger partial charge < -0.3 is 4.84 Å². The number of rotatable bonds is 2. The van der Waals surface area contributed by atoms with Gasteiger partial charge in [0.05, 0.1) is 6.61 Å². The zero-order valence-electron chi connectivity index (χ0n) is 4.56. The van der Waals surface area contributed by atoms with Crippen LogP contribution in [-0.4, -0.2) is 6.61 Å². The van der Waals surface area contributed by atoms with E-state index >= 15 is 0 Å². The van der Waals surface area contributed by atoms with Crippen LogP contribution in [0.2, 0.25) is 0 Å². The van der Waals surface area contributed by atoms with Crippen molar-refractivity contribution in [3.63, 3.8) is 0 Å². The summed E-state index contributed by atoms with van der Waals surface area (Å²) >= 11 is 5.38. The second-order valence-electron chi connectivity index (χ2n) is 1.12. The monoisotopic (exact) mass is 157 g/mol. The summed E-state index contributed by atoms with van der Waals surface area (Å²) in [6, 6.07) is 0. The lowest BCUT2D eigenvalue weighted by Gasteiger charge is -1.85. The summed E-state index contributed by atoms with van der Waals surface area (Å²) in [6.45, 7) is 2.15. The SMILES string of the molecule is CC(Cl)=CCON.Cl. The molecule has 0 spiro atoms. The number of allylic oxidation sites excluding steroid dienone is 1. The van der Waals surface area contributed by atoms with Crippen LogP contribution >= 0.6 is 24.0 Å². The summed E-state index contributed by atoms with van der Waals surface area (Å²) < 4.78 is 0. The highest BCUT2D eigenvalue weighted by Crippen LogP contribution is 1.95. The molecule has 0 radical (unpaired) electrons. The summed E-state index contributed by atoms with van der Waals surface area (Å²) in [6.07, 6.45) is 1.68. The van der Waals surface area contributed by atoms with E-state index in [1.165, 1.54) is 0 Å². The summed E-state index contributed by atoms with van der Waals surface area (Å²) in [5.74, 6) is 4.67. The summed E-state index contributed by atoms with van der Waals surface area (Å²) in [7, 11) is 0. The van der Waals surface area contributed by atoms with E-state index < -0.39 is 0 Å². The molecule has 0 aliphatic rings. The second kappa shape index (κ2) is 7.24. The lowest BCUT2D eigenvalue weighted by molar-refractivity contribution is 0.167. The Morgan fingerprint density at radius 2 is 2.38 bits per heavy atom. The van der Waals surface area contributed by atoms with Crippen LogP contribution < -0.4 is 5.90 Å². The van der Waals surface area contributed by atoms with Gasteiger partial charge in [-0.3, -0.25) is 0 Å². The standard InChI is InChI=1S/C4H8ClNO.ClH/c1-4(5)2-3-7-6;/h2H,3,6H2,1H3;1H. The van der Waals surface area contributed by atoms with Crippen LogP contribution in [0.5, 0.6) is 0 Å². The van der Waals surface area contributed by atoms with Crippen molar-refractivity contribution in [2.24, 2.45) is 5.90 Å². The molecule has 50 valence electrons. The van der Waals surface area contributed by atoms with E-state index in [4.69, 9.17) is 11.6 Å². The molecule has 4 heteroatoms. The Bertz CT molecular complexity index is 70.4. The zero-order chi connectivity index (χ0) is 5.70. The van der Waals surface area contributed by atoms with E-state index in [0.29, 0.717) is 11.6 Å². The highest BCUT2D eigenvalue weighted by atomic mass is 35.5. The summed E-state index contributed by atoms with van der Waals surface area (Å²) in [4.78, 5) is 4.19. The van der Waals surface area contributed by atoms with E-state index in [2.05, 4.69) is 10.7 Å². The first-order valence-corrected chi connectivity index (χ1v) is 2.29. The average Bonchev–Trinajstić information content (AvgIpc) is 1.61. The molecule has 0 unspecified atom stereocenters. The molecule has 0 saturated carbocycles. The topological polar surface area (TPSA) is 35.2 Å². The van der Waals surface area contributed by atoms with E-state index in [-0.39, 0.29) is 12.4 Å². The van der Waals surface area contributed by atoms with Crippen LogP contribution in [0.15, 0.2) is 11.1 Å².